The van der Waals surface area contributed by atoms with E-state index in [1.165, 1.54) is 0 Å². The van der Waals surface area contributed by atoms with Gasteiger partial charge in [0.05, 0.1) is 0 Å². The SMILES string of the molecule is Cc1cccc(-c2noc(-c3ccc(N)c(Br)c3)n2)n1. The largest absolute Gasteiger partial charge is 0.398 e. The van der Waals surface area contributed by atoms with Crippen molar-refractivity contribution in [3.63, 3.8) is 0 Å². The summed E-state index contributed by atoms with van der Waals surface area (Å²) in [5, 5.41) is 3.96. The Morgan fingerprint density at radius 2 is 2.00 bits per heavy atom. The molecule has 20 heavy (non-hydrogen) atoms. The normalized spacial score (nSPS) is 10.7. The molecule has 5 nitrogen and oxygen atoms in total. The molecule has 2 aromatic heterocycles. The topological polar surface area (TPSA) is 77.8 Å². The highest BCUT2D eigenvalue weighted by Gasteiger charge is 2.12. The fourth-order valence-electron chi connectivity index (χ4n) is 1.77. The molecule has 0 bridgehead atoms. The zero-order valence-corrected chi connectivity index (χ0v) is 12.3. The molecule has 0 aliphatic rings. The second-order valence-electron chi connectivity index (χ2n) is 4.32. The molecule has 6 heteroatoms. The average molecular weight is 331 g/mol. The number of halogens is 1. The minimum atomic E-state index is 0.434. The first-order chi connectivity index (χ1) is 9.63. The van der Waals surface area contributed by atoms with Crippen molar-refractivity contribution in [3.05, 3.63) is 46.6 Å². The van der Waals surface area contributed by atoms with E-state index in [-0.39, 0.29) is 0 Å². The Labute approximate surface area is 124 Å². The van der Waals surface area contributed by atoms with Crippen LogP contribution in [0, 0.1) is 6.92 Å². The number of nitrogen functional groups attached to an aromatic ring is 1. The molecular weight excluding hydrogens is 320 g/mol. The number of hydrogen-bond donors (Lipinski definition) is 1. The highest BCUT2D eigenvalue weighted by atomic mass is 79.9. The van der Waals surface area contributed by atoms with Crippen LogP contribution in [0.2, 0.25) is 0 Å². The van der Waals surface area contributed by atoms with E-state index >= 15 is 0 Å². The highest BCUT2D eigenvalue weighted by Crippen LogP contribution is 2.27. The molecule has 3 rings (SSSR count). The second-order valence-corrected chi connectivity index (χ2v) is 5.18. The highest BCUT2D eigenvalue weighted by molar-refractivity contribution is 9.10. The first-order valence-electron chi connectivity index (χ1n) is 5.96. The number of rotatable bonds is 2. The van der Waals surface area contributed by atoms with Crippen molar-refractivity contribution in [1.29, 1.82) is 0 Å². The van der Waals surface area contributed by atoms with Gasteiger partial charge < -0.3 is 10.3 Å². The van der Waals surface area contributed by atoms with Crippen LogP contribution < -0.4 is 5.73 Å². The smallest absolute Gasteiger partial charge is 0.258 e. The molecule has 0 radical (unpaired) electrons. The maximum atomic E-state index is 5.76. The second kappa shape index (κ2) is 5.05. The molecule has 1 aromatic carbocycles. The molecular formula is C14H11BrN4O. The number of aryl methyl sites for hydroxylation is 1. The van der Waals surface area contributed by atoms with E-state index < -0.39 is 0 Å². The maximum Gasteiger partial charge on any atom is 0.258 e. The molecule has 100 valence electrons. The van der Waals surface area contributed by atoms with Crippen LogP contribution in [-0.4, -0.2) is 15.1 Å². The van der Waals surface area contributed by atoms with E-state index in [4.69, 9.17) is 10.3 Å². The van der Waals surface area contributed by atoms with Crippen LogP contribution in [0.5, 0.6) is 0 Å². The molecule has 0 spiro atoms. The van der Waals surface area contributed by atoms with Gasteiger partial charge in [-0.2, -0.15) is 4.98 Å². The van der Waals surface area contributed by atoms with Crippen molar-refractivity contribution in [2.75, 3.05) is 5.73 Å². The van der Waals surface area contributed by atoms with Crippen LogP contribution in [0.1, 0.15) is 5.69 Å². The Bertz CT molecular complexity index is 769. The minimum absolute atomic E-state index is 0.434. The molecule has 2 heterocycles. The first kappa shape index (κ1) is 12.8. The molecule has 2 N–H and O–H groups in total. The van der Waals surface area contributed by atoms with Gasteiger partial charge in [0.15, 0.2) is 0 Å². The number of pyridine rings is 1. The number of aromatic nitrogens is 3. The predicted octanol–water partition coefficient (Wildman–Crippen LogP) is 3.45. The van der Waals surface area contributed by atoms with Crippen molar-refractivity contribution in [1.82, 2.24) is 15.1 Å². The Balaban J connectivity index is 1.99. The molecule has 0 saturated carbocycles. The number of anilines is 1. The molecule has 0 unspecified atom stereocenters. The van der Waals surface area contributed by atoms with Gasteiger partial charge in [0.2, 0.25) is 5.82 Å². The summed E-state index contributed by atoms with van der Waals surface area (Å²) in [7, 11) is 0. The maximum absolute atomic E-state index is 5.76. The number of nitrogens with zero attached hydrogens (tertiary/aromatic N) is 3. The lowest BCUT2D eigenvalue weighted by atomic mass is 10.2. The van der Waals surface area contributed by atoms with Crippen molar-refractivity contribution in [3.8, 4) is 23.0 Å². The number of hydrogen-bond acceptors (Lipinski definition) is 5. The van der Waals surface area contributed by atoms with Crippen molar-refractivity contribution in [2.45, 2.75) is 6.92 Å². The van der Waals surface area contributed by atoms with Crippen LogP contribution >= 0.6 is 15.9 Å². The van der Waals surface area contributed by atoms with Crippen molar-refractivity contribution >= 4 is 21.6 Å². The summed E-state index contributed by atoms with van der Waals surface area (Å²) in [6.07, 6.45) is 0. The zero-order valence-electron chi connectivity index (χ0n) is 10.7. The van der Waals surface area contributed by atoms with E-state index in [0.717, 1.165) is 15.7 Å². The lowest BCUT2D eigenvalue weighted by Crippen LogP contribution is -1.88. The summed E-state index contributed by atoms with van der Waals surface area (Å²) in [5.74, 6) is 0.903. The van der Waals surface area contributed by atoms with Crippen molar-refractivity contribution < 1.29 is 4.52 Å². The van der Waals surface area contributed by atoms with Gasteiger partial charge in [0.1, 0.15) is 5.69 Å². The minimum Gasteiger partial charge on any atom is -0.398 e. The van der Waals surface area contributed by atoms with Gasteiger partial charge in [-0.1, -0.05) is 11.2 Å². The van der Waals surface area contributed by atoms with E-state index in [1.54, 1.807) is 6.07 Å². The zero-order chi connectivity index (χ0) is 14.1. The molecule has 3 aromatic rings. The summed E-state index contributed by atoms with van der Waals surface area (Å²) >= 11 is 3.38. The molecule has 0 fully saturated rings. The van der Waals surface area contributed by atoms with Crippen LogP contribution in [0.15, 0.2) is 45.4 Å². The van der Waals surface area contributed by atoms with Crippen LogP contribution in [0.25, 0.3) is 23.0 Å². The monoisotopic (exact) mass is 330 g/mol. The van der Waals surface area contributed by atoms with E-state index in [1.807, 2.05) is 37.3 Å². The van der Waals surface area contributed by atoms with E-state index in [9.17, 15) is 0 Å². The van der Waals surface area contributed by atoms with Crippen molar-refractivity contribution in [2.24, 2.45) is 0 Å². The Hall–Kier alpha value is -2.21. The lowest BCUT2D eigenvalue weighted by molar-refractivity contribution is 0.432. The molecule has 0 aliphatic heterocycles. The Morgan fingerprint density at radius 1 is 1.15 bits per heavy atom. The average Bonchev–Trinajstić information content (AvgIpc) is 2.92. The lowest BCUT2D eigenvalue weighted by Gasteiger charge is -1.99. The molecule has 0 amide bonds. The van der Waals surface area contributed by atoms with E-state index in [2.05, 4.69) is 31.1 Å². The third-order valence-corrected chi connectivity index (χ3v) is 3.48. The van der Waals surface area contributed by atoms with Gasteiger partial charge in [-0.3, -0.25) is 0 Å². The number of benzene rings is 1. The summed E-state index contributed by atoms with van der Waals surface area (Å²) < 4.78 is 6.07. The van der Waals surface area contributed by atoms with Gasteiger partial charge in [0, 0.05) is 21.4 Å². The Morgan fingerprint density at radius 3 is 2.75 bits per heavy atom. The van der Waals surface area contributed by atoms with Gasteiger partial charge in [-0.15, -0.1) is 0 Å². The van der Waals surface area contributed by atoms with Crippen LogP contribution in [-0.2, 0) is 0 Å². The predicted molar refractivity (Wildman–Crippen MR) is 79.8 cm³/mol. The van der Waals surface area contributed by atoms with Crippen LogP contribution in [0.4, 0.5) is 5.69 Å². The quantitative estimate of drug-likeness (QED) is 0.728. The third-order valence-electron chi connectivity index (χ3n) is 2.79. The van der Waals surface area contributed by atoms with Gasteiger partial charge >= 0.3 is 0 Å². The standard InChI is InChI=1S/C14H11BrN4O/c1-8-3-2-4-12(17-8)13-18-14(20-19-13)9-5-6-11(16)10(15)7-9/h2-7H,16H2,1H3. The molecule has 0 saturated heterocycles. The summed E-state index contributed by atoms with van der Waals surface area (Å²) in [5.41, 5.74) is 8.82. The van der Waals surface area contributed by atoms with E-state index in [0.29, 0.717) is 23.1 Å². The van der Waals surface area contributed by atoms with Gasteiger partial charge in [0.25, 0.3) is 5.89 Å². The first-order valence-corrected chi connectivity index (χ1v) is 6.76. The third kappa shape index (κ3) is 2.42. The number of nitrogens with two attached hydrogens (primary N) is 1. The molecule has 0 atom stereocenters. The van der Waals surface area contributed by atoms with Gasteiger partial charge in [-0.05, 0) is 53.2 Å². The summed E-state index contributed by atoms with van der Waals surface area (Å²) in [4.78, 5) is 8.73. The molecule has 0 aliphatic carbocycles. The summed E-state index contributed by atoms with van der Waals surface area (Å²) in [6, 6.07) is 11.1. The fourth-order valence-corrected chi connectivity index (χ4v) is 2.15. The summed E-state index contributed by atoms with van der Waals surface area (Å²) in [6.45, 7) is 1.92. The fraction of sp³-hybridized carbons (Fsp3) is 0.0714. The van der Waals surface area contributed by atoms with Crippen LogP contribution in [0.3, 0.4) is 0 Å². The van der Waals surface area contributed by atoms with Gasteiger partial charge in [-0.25, -0.2) is 4.98 Å². The Kier molecular flexibility index (Phi) is 3.23.